The van der Waals surface area contributed by atoms with Crippen LogP contribution in [0, 0.1) is 0 Å². The van der Waals surface area contributed by atoms with Crippen LogP contribution in [0.15, 0.2) is 23.2 Å². The van der Waals surface area contributed by atoms with Gasteiger partial charge in [-0.3, -0.25) is 4.99 Å². The highest BCUT2D eigenvalue weighted by Crippen LogP contribution is 2.39. The largest absolute Gasteiger partial charge is 0.330 e. The van der Waals surface area contributed by atoms with Gasteiger partial charge in [0.2, 0.25) is 0 Å². The second-order valence-corrected chi connectivity index (χ2v) is 6.03. The fourth-order valence-electron chi connectivity index (χ4n) is 3.58. The summed E-state index contributed by atoms with van der Waals surface area (Å²) in [5.74, 6) is 1.31. The monoisotopic (exact) mass is 316 g/mol. The van der Waals surface area contributed by atoms with Gasteiger partial charge in [-0.15, -0.1) is 0 Å². The van der Waals surface area contributed by atoms with E-state index in [0.717, 1.165) is 13.1 Å². The molecule has 0 saturated carbocycles. The number of hydrogen-bond donors (Lipinski definition) is 0. The second-order valence-electron chi connectivity index (χ2n) is 6.03. The Morgan fingerprint density at radius 1 is 0.913 bits per heavy atom. The Balaban J connectivity index is 0.00000127. The summed E-state index contributed by atoms with van der Waals surface area (Å²) >= 11 is 0. The van der Waals surface area contributed by atoms with Gasteiger partial charge in [0.25, 0.3) is 0 Å². The molecule has 0 amide bonds. The molecule has 23 heavy (non-hydrogen) atoms. The zero-order valence-corrected chi connectivity index (χ0v) is 16.1. The average Bonchev–Trinajstić information content (AvgIpc) is 3.13. The van der Waals surface area contributed by atoms with E-state index in [1.54, 1.807) is 0 Å². The quantitative estimate of drug-likeness (QED) is 0.570. The number of rotatable bonds is 7. The molecule has 130 valence electrons. The highest BCUT2D eigenvalue weighted by atomic mass is 15.2. The summed E-state index contributed by atoms with van der Waals surface area (Å²) in [5, 5.41) is 0. The Labute approximate surface area is 144 Å². The van der Waals surface area contributed by atoms with Crippen LogP contribution in [0.2, 0.25) is 0 Å². The van der Waals surface area contributed by atoms with Gasteiger partial charge in [0.15, 0.2) is 0 Å². The predicted octanol–water partition coefficient (Wildman–Crippen LogP) is 6.37. The van der Waals surface area contributed by atoms with Crippen LogP contribution in [0.3, 0.4) is 0 Å². The standard InChI is InChI=1S/C19H30N2.C2H6/c1-5-15(6-2)17-10-9-11-18(16(7-3)8-4)19(17)21-13-12-20-14-21;1-2/h9-11,14-16H,5-8,12-13H2,1-4H3;1-2H3. The highest BCUT2D eigenvalue weighted by Gasteiger charge is 2.23. The Morgan fingerprint density at radius 2 is 1.39 bits per heavy atom. The molecule has 0 bridgehead atoms. The molecule has 1 aliphatic heterocycles. The third-order valence-electron chi connectivity index (χ3n) is 4.93. The molecule has 2 heteroatoms. The van der Waals surface area contributed by atoms with E-state index in [0.29, 0.717) is 11.8 Å². The molecule has 2 nitrogen and oxygen atoms in total. The summed E-state index contributed by atoms with van der Waals surface area (Å²) in [7, 11) is 0. The van der Waals surface area contributed by atoms with Gasteiger partial charge < -0.3 is 4.90 Å². The minimum atomic E-state index is 0.656. The van der Waals surface area contributed by atoms with Gasteiger partial charge in [-0.1, -0.05) is 59.7 Å². The van der Waals surface area contributed by atoms with Crippen molar-refractivity contribution in [3.05, 3.63) is 29.3 Å². The van der Waals surface area contributed by atoms with Crippen molar-refractivity contribution in [2.24, 2.45) is 4.99 Å². The number of nitrogens with zero attached hydrogens (tertiary/aromatic N) is 2. The Hall–Kier alpha value is -1.31. The van der Waals surface area contributed by atoms with E-state index in [1.165, 1.54) is 42.5 Å². The summed E-state index contributed by atoms with van der Waals surface area (Å²) in [6.07, 6.45) is 6.89. The third-order valence-corrected chi connectivity index (χ3v) is 4.93. The van der Waals surface area contributed by atoms with Crippen LogP contribution in [0.25, 0.3) is 0 Å². The van der Waals surface area contributed by atoms with Gasteiger partial charge in [0, 0.05) is 12.2 Å². The molecule has 2 rings (SSSR count). The van der Waals surface area contributed by atoms with Crippen molar-refractivity contribution in [1.29, 1.82) is 0 Å². The molecule has 1 aromatic rings. The molecule has 0 saturated heterocycles. The first-order valence-corrected chi connectivity index (χ1v) is 9.66. The van der Waals surface area contributed by atoms with Gasteiger partial charge in [-0.2, -0.15) is 0 Å². The Morgan fingerprint density at radius 3 is 1.74 bits per heavy atom. The van der Waals surface area contributed by atoms with E-state index in [-0.39, 0.29) is 0 Å². The van der Waals surface area contributed by atoms with Crippen LogP contribution >= 0.6 is 0 Å². The molecule has 1 aromatic carbocycles. The lowest BCUT2D eigenvalue weighted by molar-refractivity contribution is 0.623. The van der Waals surface area contributed by atoms with Crippen LogP contribution in [-0.2, 0) is 0 Å². The number of para-hydroxylation sites is 1. The number of anilines is 1. The first kappa shape index (κ1) is 19.7. The third kappa shape index (κ3) is 4.59. The maximum absolute atomic E-state index is 4.45. The van der Waals surface area contributed by atoms with Crippen molar-refractivity contribution in [3.63, 3.8) is 0 Å². The van der Waals surface area contributed by atoms with E-state index >= 15 is 0 Å². The first-order valence-electron chi connectivity index (χ1n) is 9.66. The summed E-state index contributed by atoms with van der Waals surface area (Å²) < 4.78 is 0. The summed E-state index contributed by atoms with van der Waals surface area (Å²) in [6.45, 7) is 15.2. The van der Waals surface area contributed by atoms with E-state index in [4.69, 9.17) is 0 Å². The lowest BCUT2D eigenvalue weighted by Gasteiger charge is -2.29. The van der Waals surface area contributed by atoms with Crippen molar-refractivity contribution in [1.82, 2.24) is 0 Å². The van der Waals surface area contributed by atoms with Crippen molar-refractivity contribution in [2.75, 3.05) is 18.0 Å². The molecule has 0 aliphatic carbocycles. The molecular weight excluding hydrogens is 280 g/mol. The van der Waals surface area contributed by atoms with Gasteiger partial charge in [0.05, 0.1) is 12.9 Å². The van der Waals surface area contributed by atoms with Crippen LogP contribution < -0.4 is 4.90 Å². The highest BCUT2D eigenvalue weighted by molar-refractivity contribution is 5.84. The molecular formula is C21H36N2. The van der Waals surface area contributed by atoms with E-state index in [1.807, 2.05) is 20.2 Å². The van der Waals surface area contributed by atoms with Crippen LogP contribution in [0.1, 0.15) is 90.2 Å². The van der Waals surface area contributed by atoms with Crippen LogP contribution in [0.4, 0.5) is 5.69 Å². The van der Waals surface area contributed by atoms with Crippen molar-refractivity contribution in [2.45, 2.75) is 79.1 Å². The van der Waals surface area contributed by atoms with E-state index in [2.05, 4.69) is 55.8 Å². The Bertz CT molecular complexity index is 440. The van der Waals surface area contributed by atoms with Crippen molar-refractivity contribution in [3.8, 4) is 0 Å². The van der Waals surface area contributed by atoms with Crippen LogP contribution in [-0.4, -0.2) is 19.4 Å². The van der Waals surface area contributed by atoms with Crippen LogP contribution in [0.5, 0.6) is 0 Å². The van der Waals surface area contributed by atoms with Crippen molar-refractivity contribution >= 4 is 12.0 Å². The predicted molar refractivity (Wildman–Crippen MR) is 105 cm³/mol. The zero-order chi connectivity index (χ0) is 17.2. The SMILES string of the molecule is CC.CCC(CC)c1cccc(C(CC)CC)c1N1C=NCC1. The van der Waals surface area contributed by atoms with Gasteiger partial charge in [0.1, 0.15) is 0 Å². The molecule has 0 radical (unpaired) electrons. The molecule has 0 aromatic heterocycles. The lowest BCUT2D eigenvalue weighted by Crippen LogP contribution is -2.23. The number of hydrogen-bond acceptors (Lipinski definition) is 2. The fraction of sp³-hybridized carbons (Fsp3) is 0.667. The molecule has 1 aliphatic rings. The fourth-order valence-corrected chi connectivity index (χ4v) is 3.58. The number of benzene rings is 1. The number of aliphatic imine (C=N–C) groups is 1. The minimum absolute atomic E-state index is 0.656. The molecule has 0 spiro atoms. The lowest BCUT2D eigenvalue weighted by atomic mass is 9.85. The summed E-state index contributed by atoms with van der Waals surface area (Å²) in [5.41, 5.74) is 4.51. The molecule has 1 heterocycles. The van der Waals surface area contributed by atoms with Gasteiger partial charge >= 0.3 is 0 Å². The van der Waals surface area contributed by atoms with Crippen molar-refractivity contribution < 1.29 is 0 Å². The maximum Gasteiger partial charge on any atom is 0.0895 e. The first-order chi connectivity index (χ1) is 11.3. The summed E-state index contributed by atoms with van der Waals surface area (Å²) in [4.78, 5) is 6.84. The van der Waals surface area contributed by atoms with E-state index < -0.39 is 0 Å². The molecule has 0 fully saturated rings. The normalized spacial score (nSPS) is 13.7. The molecule has 0 N–H and O–H groups in total. The smallest absolute Gasteiger partial charge is 0.0895 e. The van der Waals surface area contributed by atoms with Gasteiger partial charge in [-0.05, 0) is 48.6 Å². The Kier molecular flexibility index (Phi) is 8.98. The zero-order valence-electron chi connectivity index (χ0n) is 16.1. The molecule has 0 atom stereocenters. The van der Waals surface area contributed by atoms with E-state index in [9.17, 15) is 0 Å². The average molecular weight is 317 g/mol. The maximum atomic E-state index is 4.45. The summed E-state index contributed by atoms with van der Waals surface area (Å²) in [6, 6.07) is 6.94. The topological polar surface area (TPSA) is 15.6 Å². The van der Waals surface area contributed by atoms with Gasteiger partial charge in [-0.25, -0.2) is 0 Å². The minimum Gasteiger partial charge on any atom is -0.330 e. The second kappa shape index (κ2) is 10.5. The molecule has 0 unspecified atom stereocenters.